The first-order valence-electron chi connectivity index (χ1n) is 10.4. The molecule has 1 aromatic carbocycles. The van der Waals surface area contributed by atoms with Gasteiger partial charge >= 0.3 is 0 Å². The number of hydrazone groups is 1. The molecule has 1 saturated heterocycles. The molecule has 2 amide bonds. The number of hydrogen-bond acceptors (Lipinski definition) is 6. The largest absolute Gasteiger partial charge is 0.455 e. The van der Waals surface area contributed by atoms with Gasteiger partial charge in [0, 0.05) is 17.2 Å². The predicted molar refractivity (Wildman–Crippen MR) is 110 cm³/mol. The molecule has 0 unspecified atom stereocenters. The summed E-state index contributed by atoms with van der Waals surface area (Å²) in [7, 11) is 0. The average molecular weight is 417 g/mol. The van der Waals surface area contributed by atoms with Crippen molar-refractivity contribution in [3.8, 4) is 11.3 Å². The number of benzene rings is 1. The molecule has 1 aliphatic heterocycles. The number of furan rings is 1. The highest BCUT2D eigenvalue weighted by Crippen LogP contribution is 2.73. The second kappa shape index (κ2) is 6.00. The lowest BCUT2D eigenvalue weighted by Gasteiger charge is -2.18. The number of amides is 2. The van der Waals surface area contributed by atoms with Crippen molar-refractivity contribution in [3.05, 3.63) is 63.9 Å². The Bertz CT molecular complexity index is 1190. The minimum Gasteiger partial charge on any atom is -0.455 e. The third-order valence-electron chi connectivity index (χ3n) is 7.45. The van der Waals surface area contributed by atoms with Gasteiger partial charge in [-0.15, -0.1) is 0 Å². The van der Waals surface area contributed by atoms with E-state index >= 15 is 0 Å². The Morgan fingerprint density at radius 3 is 2.42 bits per heavy atom. The van der Waals surface area contributed by atoms with Crippen LogP contribution in [0.2, 0.25) is 0 Å². The van der Waals surface area contributed by atoms with E-state index in [1.54, 1.807) is 31.2 Å². The lowest BCUT2D eigenvalue weighted by molar-refractivity contribution is -0.385. The second-order valence-corrected chi connectivity index (χ2v) is 8.91. The van der Waals surface area contributed by atoms with Gasteiger partial charge in [0.2, 0.25) is 0 Å². The number of fused-ring (bicyclic) bond motifs is 3. The number of nitro benzene ring substituents is 1. The van der Waals surface area contributed by atoms with Crippen LogP contribution in [0.3, 0.4) is 0 Å². The highest BCUT2D eigenvalue weighted by atomic mass is 16.6. The number of nitro groups is 1. The van der Waals surface area contributed by atoms with Crippen molar-refractivity contribution in [2.75, 3.05) is 0 Å². The van der Waals surface area contributed by atoms with Gasteiger partial charge in [-0.25, -0.2) is 0 Å². The molecule has 8 heteroatoms. The van der Waals surface area contributed by atoms with E-state index in [9.17, 15) is 19.7 Å². The molecule has 3 fully saturated rings. The summed E-state index contributed by atoms with van der Waals surface area (Å²) in [6.07, 6.45) is 7.79. The zero-order chi connectivity index (χ0) is 21.5. The Hall–Kier alpha value is -3.55. The summed E-state index contributed by atoms with van der Waals surface area (Å²) in [5.41, 5.74) is 1.30. The summed E-state index contributed by atoms with van der Waals surface area (Å²) in [4.78, 5) is 36.6. The van der Waals surface area contributed by atoms with Crippen molar-refractivity contribution in [2.24, 2.45) is 34.2 Å². The van der Waals surface area contributed by atoms with Gasteiger partial charge in [-0.2, -0.15) is 10.1 Å². The Balaban J connectivity index is 1.23. The maximum Gasteiger partial charge on any atom is 0.273 e. The Morgan fingerprint density at radius 1 is 1.13 bits per heavy atom. The topological polar surface area (TPSA) is 106 Å². The normalized spacial score (nSPS) is 29.5. The van der Waals surface area contributed by atoms with Crippen LogP contribution in [-0.4, -0.2) is 28.0 Å². The standard InChI is InChI=1S/C23H19N3O5/c1-12-2-3-13(10-17(12)26(29)30)18-7-4-14(31-18)11-24-25-21(27)19-15-5-6-16(20(19)22(25)28)23(15)8-9-23/h2-7,10-11,15-16,19-20H,8-9H2,1H3/b24-11-/t15-,16-,19-,20-/m1/s1. The lowest BCUT2D eigenvalue weighted by Crippen LogP contribution is -2.30. The van der Waals surface area contributed by atoms with Gasteiger partial charge in [0.15, 0.2) is 0 Å². The molecule has 6 rings (SSSR count). The zero-order valence-corrected chi connectivity index (χ0v) is 16.7. The van der Waals surface area contributed by atoms with E-state index in [0.717, 1.165) is 17.9 Å². The third-order valence-corrected chi connectivity index (χ3v) is 7.45. The maximum atomic E-state index is 12.9. The van der Waals surface area contributed by atoms with Gasteiger partial charge in [0.25, 0.3) is 17.5 Å². The molecule has 31 heavy (non-hydrogen) atoms. The van der Waals surface area contributed by atoms with Gasteiger partial charge in [-0.3, -0.25) is 19.7 Å². The van der Waals surface area contributed by atoms with Gasteiger partial charge in [-0.1, -0.05) is 24.3 Å². The summed E-state index contributed by atoms with van der Waals surface area (Å²) in [6.45, 7) is 1.67. The van der Waals surface area contributed by atoms with Crippen LogP contribution in [-0.2, 0) is 9.59 Å². The minimum absolute atomic E-state index is 0.0144. The van der Waals surface area contributed by atoms with Crippen molar-refractivity contribution < 1.29 is 18.9 Å². The second-order valence-electron chi connectivity index (χ2n) is 8.91. The van der Waals surface area contributed by atoms with Gasteiger partial charge in [-0.05, 0) is 49.1 Å². The number of carbonyl (C=O) groups excluding carboxylic acids is 2. The van der Waals surface area contributed by atoms with Crippen LogP contribution >= 0.6 is 0 Å². The molecule has 8 nitrogen and oxygen atoms in total. The van der Waals surface area contributed by atoms with Crippen molar-refractivity contribution in [1.82, 2.24) is 5.01 Å². The molecule has 0 radical (unpaired) electrons. The van der Waals surface area contributed by atoms with E-state index < -0.39 is 4.92 Å². The molecule has 156 valence electrons. The zero-order valence-electron chi connectivity index (χ0n) is 16.7. The summed E-state index contributed by atoms with van der Waals surface area (Å²) in [5.74, 6) is 0.0860. The van der Waals surface area contributed by atoms with Crippen LogP contribution < -0.4 is 0 Å². The molecule has 0 N–H and O–H groups in total. The van der Waals surface area contributed by atoms with Crippen LogP contribution in [0.15, 0.2) is 52.0 Å². The molecule has 1 aromatic heterocycles. The van der Waals surface area contributed by atoms with E-state index in [1.165, 1.54) is 12.3 Å². The Labute approximate surface area is 177 Å². The summed E-state index contributed by atoms with van der Waals surface area (Å²) in [5, 5.41) is 16.3. The molecule has 4 aliphatic rings. The highest BCUT2D eigenvalue weighted by molar-refractivity contribution is 6.07. The number of imide groups is 1. The van der Waals surface area contributed by atoms with Crippen molar-refractivity contribution in [2.45, 2.75) is 19.8 Å². The molecular weight excluding hydrogens is 398 g/mol. The quantitative estimate of drug-likeness (QED) is 0.248. The number of allylic oxidation sites excluding steroid dienone is 2. The lowest BCUT2D eigenvalue weighted by atomic mass is 9.85. The third kappa shape index (κ3) is 2.38. The molecule has 2 bridgehead atoms. The molecule has 1 spiro atoms. The monoisotopic (exact) mass is 417 g/mol. The van der Waals surface area contributed by atoms with E-state index in [0.29, 0.717) is 22.6 Å². The average Bonchev–Trinajstić information content (AvgIpc) is 3.03. The number of rotatable bonds is 4. The number of nitrogens with zero attached hydrogens (tertiary/aromatic N) is 3. The summed E-state index contributed by atoms with van der Waals surface area (Å²) < 4.78 is 5.73. The highest BCUT2D eigenvalue weighted by Gasteiger charge is 2.73. The molecule has 3 aliphatic carbocycles. The molecule has 4 atom stereocenters. The van der Waals surface area contributed by atoms with Crippen LogP contribution in [0, 0.1) is 46.1 Å². The van der Waals surface area contributed by atoms with Crippen molar-refractivity contribution in [1.29, 1.82) is 0 Å². The van der Waals surface area contributed by atoms with E-state index in [1.807, 2.05) is 0 Å². The SMILES string of the molecule is Cc1ccc(-c2ccc(/C=N\N3C(=O)[C@H]4[C@H](C3=O)[C@H]3C=C[C@H]4C34CC4)o2)cc1[N+](=O)[O-]. The van der Waals surface area contributed by atoms with Crippen LogP contribution in [0.25, 0.3) is 11.3 Å². The molecule has 2 heterocycles. The Morgan fingerprint density at radius 2 is 1.81 bits per heavy atom. The van der Waals surface area contributed by atoms with Crippen LogP contribution in [0.1, 0.15) is 24.2 Å². The van der Waals surface area contributed by atoms with Crippen LogP contribution in [0.5, 0.6) is 0 Å². The fourth-order valence-electron chi connectivity index (χ4n) is 5.83. The fourth-order valence-corrected chi connectivity index (χ4v) is 5.83. The Kier molecular flexibility index (Phi) is 3.53. The first-order chi connectivity index (χ1) is 14.9. The smallest absolute Gasteiger partial charge is 0.273 e. The summed E-state index contributed by atoms with van der Waals surface area (Å²) in [6, 6.07) is 8.20. The molecule has 2 aromatic rings. The van der Waals surface area contributed by atoms with Gasteiger partial charge < -0.3 is 4.42 Å². The first kappa shape index (κ1) is 18.2. The van der Waals surface area contributed by atoms with Gasteiger partial charge in [0.05, 0.1) is 23.0 Å². The van der Waals surface area contributed by atoms with E-state index in [4.69, 9.17) is 4.42 Å². The van der Waals surface area contributed by atoms with Gasteiger partial charge in [0.1, 0.15) is 11.5 Å². The minimum atomic E-state index is -0.431. The molecule has 2 saturated carbocycles. The predicted octanol–water partition coefficient (Wildman–Crippen LogP) is 3.69. The summed E-state index contributed by atoms with van der Waals surface area (Å²) >= 11 is 0. The van der Waals surface area contributed by atoms with Crippen molar-refractivity contribution in [3.63, 3.8) is 0 Å². The first-order valence-corrected chi connectivity index (χ1v) is 10.4. The fraction of sp³-hybridized carbons (Fsp3) is 0.348. The number of carbonyl (C=O) groups is 2. The number of aryl methyl sites for hydroxylation is 1. The molecular formula is C23H19N3O5. The van der Waals surface area contributed by atoms with Crippen molar-refractivity contribution >= 4 is 23.7 Å². The maximum absolute atomic E-state index is 12.9. The van der Waals surface area contributed by atoms with E-state index in [2.05, 4.69) is 17.3 Å². The number of hydrogen-bond donors (Lipinski definition) is 0. The van der Waals surface area contributed by atoms with E-state index in [-0.39, 0.29) is 46.6 Å². The van der Waals surface area contributed by atoms with Crippen LogP contribution in [0.4, 0.5) is 5.69 Å².